The third-order valence-electron chi connectivity index (χ3n) is 3.53. The van der Waals surface area contributed by atoms with E-state index >= 15 is 0 Å². The van der Waals surface area contributed by atoms with Crippen molar-refractivity contribution in [2.45, 2.75) is 9.79 Å². The second kappa shape index (κ2) is 6.81. The molecule has 3 rings (SSSR count). The van der Waals surface area contributed by atoms with E-state index in [2.05, 4.69) is 10.3 Å². The summed E-state index contributed by atoms with van der Waals surface area (Å²) in [6, 6.07) is 12.6. The van der Waals surface area contributed by atoms with Crippen LogP contribution in [-0.2, 0) is 10.8 Å². The number of amides is 1. The van der Waals surface area contributed by atoms with Crippen molar-refractivity contribution in [1.82, 2.24) is 15.2 Å². The van der Waals surface area contributed by atoms with Crippen molar-refractivity contribution >= 4 is 16.7 Å². The molecule has 1 atom stereocenters. The summed E-state index contributed by atoms with van der Waals surface area (Å²) in [5, 5.41) is 3.21. The predicted octanol–water partition coefficient (Wildman–Crippen LogP) is 1.29. The highest BCUT2D eigenvalue weighted by atomic mass is 32.2. The maximum Gasteiger partial charge on any atom is 0.272 e. The molecule has 5 nitrogen and oxygen atoms in total. The number of hydrogen-bond donors (Lipinski definition) is 1. The van der Waals surface area contributed by atoms with Crippen molar-refractivity contribution in [3.8, 4) is 0 Å². The van der Waals surface area contributed by atoms with Gasteiger partial charge in [0.1, 0.15) is 5.69 Å². The maximum absolute atomic E-state index is 12.4. The zero-order valence-electron chi connectivity index (χ0n) is 12.1. The molecule has 0 unspecified atom stereocenters. The molecule has 0 saturated carbocycles. The average Bonchev–Trinajstić information content (AvgIpc) is 2.62. The van der Waals surface area contributed by atoms with Crippen molar-refractivity contribution in [3.63, 3.8) is 0 Å². The molecule has 1 aliphatic heterocycles. The van der Waals surface area contributed by atoms with Gasteiger partial charge in [-0.1, -0.05) is 18.2 Å². The fourth-order valence-corrected chi connectivity index (χ4v) is 3.34. The van der Waals surface area contributed by atoms with Gasteiger partial charge in [0.2, 0.25) is 0 Å². The number of pyridine rings is 1. The quantitative estimate of drug-likeness (QED) is 0.927. The molecule has 1 saturated heterocycles. The lowest BCUT2D eigenvalue weighted by Crippen LogP contribution is -2.46. The third kappa shape index (κ3) is 3.23. The lowest BCUT2D eigenvalue weighted by molar-refractivity contribution is 0.0729. The number of hydrogen-bond acceptors (Lipinski definition) is 4. The number of piperazine rings is 1. The van der Waals surface area contributed by atoms with Crippen LogP contribution in [-0.4, -0.2) is 46.2 Å². The Kier molecular flexibility index (Phi) is 4.60. The molecule has 1 aromatic heterocycles. The summed E-state index contributed by atoms with van der Waals surface area (Å²) in [7, 11) is -1.27. The maximum atomic E-state index is 12.4. The number of benzene rings is 1. The van der Waals surface area contributed by atoms with E-state index in [1.54, 1.807) is 17.0 Å². The van der Waals surface area contributed by atoms with Crippen LogP contribution in [0.15, 0.2) is 58.5 Å². The van der Waals surface area contributed by atoms with Crippen molar-refractivity contribution in [2.24, 2.45) is 0 Å². The first-order valence-electron chi connectivity index (χ1n) is 7.18. The minimum Gasteiger partial charge on any atom is -0.335 e. The first-order valence-corrected chi connectivity index (χ1v) is 8.33. The normalized spacial score (nSPS) is 16.3. The second-order valence-electron chi connectivity index (χ2n) is 5.00. The van der Waals surface area contributed by atoms with Crippen molar-refractivity contribution in [2.75, 3.05) is 26.2 Å². The number of carbonyl (C=O) groups excluding carboxylic acids is 1. The summed E-state index contributed by atoms with van der Waals surface area (Å²) in [4.78, 5) is 19.6. The molecule has 2 aromatic rings. The fraction of sp³-hybridized carbons (Fsp3) is 0.250. The lowest BCUT2D eigenvalue weighted by atomic mass is 10.3. The van der Waals surface area contributed by atoms with Crippen molar-refractivity contribution < 1.29 is 9.00 Å². The molecule has 1 N–H and O–H groups in total. The highest BCUT2D eigenvalue weighted by molar-refractivity contribution is 7.85. The number of nitrogens with one attached hydrogen (secondary N) is 1. The van der Waals surface area contributed by atoms with Crippen LogP contribution in [0.4, 0.5) is 0 Å². The average molecular weight is 315 g/mol. The Bertz CT molecular complexity index is 668. The third-order valence-corrected chi connectivity index (χ3v) is 4.90. The minimum atomic E-state index is -1.27. The molecule has 114 valence electrons. The Labute approximate surface area is 131 Å². The topological polar surface area (TPSA) is 62.3 Å². The molecule has 1 amide bonds. The number of aromatic nitrogens is 1. The summed E-state index contributed by atoms with van der Waals surface area (Å²) >= 11 is 0. The fourth-order valence-electron chi connectivity index (χ4n) is 2.33. The second-order valence-corrected chi connectivity index (χ2v) is 6.48. The molecule has 1 aromatic carbocycles. The van der Waals surface area contributed by atoms with Crippen LogP contribution in [0.1, 0.15) is 10.5 Å². The molecule has 1 aliphatic rings. The van der Waals surface area contributed by atoms with Gasteiger partial charge in [-0.3, -0.25) is 4.79 Å². The van der Waals surface area contributed by atoms with Crippen LogP contribution in [0.3, 0.4) is 0 Å². The molecular weight excluding hydrogens is 298 g/mol. The molecule has 1 fully saturated rings. The van der Waals surface area contributed by atoms with Crippen LogP contribution in [0.25, 0.3) is 0 Å². The van der Waals surface area contributed by atoms with Gasteiger partial charge < -0.3 is 10.2 Å². The Hall–Kier alpha value is -2.05. The van der Waals surface area contributed by atoms with E-state index in [0.29, 0.717) is 23.7 Å². The molecule has 2 heterocycles. The lowest BCUT2D eigenvalue weighted by Gasteiger charge is -2.27. The van der Waals surface area contributed by atoms with Gasteiger partial charge in [0.05, 0.1) is 15.7 Å². The van der Waals surface area contributed by atoms with Crippen molar-refractivity contribution in [1.29, 1.82) is 0 Å². The van der Waals surface area contributed by atoms with Crippen LogP contribution in [0.5, 0.6) is 0 Å². The van der Waals surface area contributed by atoms with E-state index in [9.17, 15) is 9.00 Å². The van der Waals surface area contributed by atoms with Crippen molar-refractivity contribution in [3.05, 3.63) is 54.4 Å². The molecule has 22 heavy (non-hydrogen) atoms. The summed E-state index contributed by atoms with van der Waals surface area (Å²) in [6.45, 7) is 3.00. The minimum absolute atomic E-state index is 0.0708. The van der Waals surface area contributed by atoms with Gasteiger partial charge >= 0.3 is 0 Å². The standard InChI is InChI=1S/C16H17N3O2S/c20-16(19-10-8-17-9-11-19)15-7-6-14(12-18-15)22(21)13-4-2-1-3-5-13/h1-7,12,17H,8-11H2/t22-/m1/s1. The summed E-state index contributed by atoms with van der Waals surface area (Å²) in [5.41, 5.74) is 0.399. The van der Waals surface area contributed by atoms with Gasteiger partial charge in [0.25, 0.3) is 5.91 Å². The SMILES string of the molecule is O=C(c1ccc([S@](=O)c2ccccc2)cn1)N1CCNCC1. The highest BCUT2D eigenvalue weighted by Crippen LogP contribution is 2.15. The van der Waals surface area contributed by atoms with Gasteiger partial charge in [0.15, 0.2) is 0 Å². The Morgan fingerprint density at radius 3 is 2.41 bits per heavy atom. The van der Waals surface area contributed by atoms with Crippen LogP contribution >= 0.6 is 0 Å². The van der Waals surface area contributed by atoms with E-state index in [1.165, 1.54) is 6.20 Å². The van der Waals surface area contributed by atoms with Gasteiger partial charge in [0, 0.05) is 37.3 Å². The van der Waals surface area contributed by atoms with E-state index in [-0.39, 0.29) is 5.91 Å². The smallest absolute Gasteiger partial charge is 0.272 e. The zero-order valence-corrected chi connectivity index (χ0v) is 12.9. The summed E-state index contributed by atoms with van der Waals surface area (Å²) in [6.07, 6.45) is 1.53. The largest absolute Gasteiger partial charge is 0.335 e. The first-order chi connectivity index (χ1) is 10.8. The summed E-state index contributed by atoms with van der Waals surface area (Å²) < 4.78 is 12.4. The molecule has 6 heteroatoms. The van der Waals surface area contributed by atoms with E-state index < -0.39 is 10.8 Å². The van der Waals surface area contributed by atoms with Gasteiger partial charge in [-0.25, -0.2) is 9.19 Å². The molecule has 0 bridgehead atoms. The molecular formula is C16H17N3O2S. The molecule has 0 aliphatic carbocycles. The Morgan fingerprint density at radius 1 is 1.05 bits per heavy atom. The van der Waals surface area contributed by atoms with Crippen LogP contribution in [0.2, 0.25) is 0 Å². The first kappa shape index (κ1) is 14.9. The predicted molar refractivity (Wildman–Crippen MR) is 84.1 cm³/mol. The van der Waals surface area contributed by atoms with Gasteiger partial charge in [-0.05, 0) is 24.3 Å². The Morgan fingerprint density at radius 2 is 1.77 bits per heavy atom. The van der Waals surface area contributed by atoms with E-state index in [1.807, 2.05) is 30.3 Å². The summed E-state index contributed by atoms with van der Waals surface area (Å²) in [5.74, 6) is -0.0708. The van der Waals surface area contributed by atoms with E-state index in [0.717, 1.165) is 18.0 Å². The highest BCUT2D eigenvalue weighted by Gasteiger charge is 2.19. The zero-order chi connectivity index (χ0) is 15.4. The molecule has 0 spiro atoms. The van der Waals surface area contributed by atoms with Gasteiger partial charge in [-0.15, -0.1) is 0 Å². The number of nitrogens with zero attached hydrogens (tertiary/aromatic N) is 2. The number of carbonyl (C=O) groups is 1. The monoisotopic (exact) mass is 315 g/mol. The Balaban J connectivity index is 1.75. The van der Waals surface area contributed by atoms with E-state index in [4.69, 9.17) is 0 Å². The number of rotatable bonds is 3. The van der Waals surface area contributed by atoms with Crippen LogP contribution in [0, 0.1) is 0 Å². The van der Waals surface area contributed by atoms with Gasteiger partial charge in [-0.2, -0.15) is 0 Å². The molecule has 0 radical (unpaired) electrons. The van der Waals surface area contributed by atoms with Crippen LogP contribution < -0.4 is 5.32 Å².